The first-order chi connectivity index (χ1) is 9.70. The highest BCUT2D eigenvalue weighted by Gasteiger charge is 2.39. The third-order valence-corrected chi connectivity index (χ3v) is 5.59. The monoisotopic (exact) mass is 282 g/mol. The van der Waals surface area contributed by atoms with Crippen LogP contribution in [0.4, 0.5) is 0 Å². The van der Waals surface area contributed by atoms with E-state index in [9.17, 15) is 0 Å². The van der Waals surface area contributed by atoms with E-state index in [0.29, 0.717) is 6.10 Å². The minimum absolute atomic E-state index is 0.190. The van der Waals surface area contributed by atoms with E-state index in [4.69, 9.17) is 10.5 Å². The van der Waals surface area contributed by atoms with Crippen molar-refractivity contribution in [3.63, 3.8) is 0 Å². The van der Waals surface area contributed by atoms with Crippen molar-refractivity contribution in [2.24, 2.45) is 11.7 Å². The Hall–Kier alpha value is -0.120. The molecule has 3 nitrogen and oxygen atoms in total. The Kier molecular flexibility index (Phi) is 6.31. The first-order valence-electron chi connectivity index (χ1n) is 8.73. The van der Waals surface area contributed by atoms with E-state index in [1.165, 1.54) is 51.5 Å². The lowest BCUT2D eigenvalue weighted by molar-refractivity contribution is -0.0708. The van der Waals surface area contributed by atoms with Gasteiger partial charge in [-0.3, -0.25) is 4.90 Å². The third-order valence-electron chi connectivity index (χ3n) is 5.59. The summed E-state index contributed by atoms with van der Waals surface area (Å²) in [6, 6.07) is 0. The van der Waals surface area contributed by atoms with Gasteiger partial charge in [0.05, 0.1) is 6.10 Å². The van der Waals surface area contributed by atoms with Crippen LogP contribution in [0.1, 0.15) is 64.7 Å². The van der Waals surface area contributed by atoms with E-state index in [-0.39, 0.29) is 5.54 Å². The molecule has 118 valence electrons. The second-order valence-electron chi connectivity index (χ2n) is 7.05. The summed E-state index contributed by atoms with van der Waals surface area (Å²) in [6.07, 6.45) is 12.2. The number of likely N-dealkylation sites (N-methyl/N-ethyl adjacent to an activating group) is 1. The zero-order valence-corrected chi connectivity index (χ0v) is 13.6. The molecule has 0 aromatic carbocycles. The van der Waals surface area contributed by atoms with E-state index in [0.717, 1.165) is 31.9 Å². The molecule has 2 aliphatic rings. The highest BCUT2D eigenvalue weighted by molar-refractivity contribution is 4.96. The zero-order chi connectivity index (χ0) is 14.4. The van der Waals surface area contributed by atoms with Gasteiger partial charge in [-0.25, -0.2) is 0 Å². The SMILES string of the molecule is CCCC1CC(CN)(N(C)CC2CCCCC2)CCO1. The van der Waals surface area contributed by atoms with Gasteiger partial charge in [0.2, 0.25) is 0 Å². The van der Waals surface area contributed by atoms with Gasteiger partial charge >= 0.3 is 0 Å². The first-order valence-corrected chi connectivity index (χ1v) is 8.73. The average molecular weight is 282 g/mol. The van der Waals surface area contributed by atoms with Crippen molar-refractivity contribution in [2.75, 3.05) is 26.7 Å². The highest BCUT2D eigenvalue weighted by atomic mass is 16.5. The van der Waals surface area contributed by atoms with Crippen LogP contribution in [0, 0.1) is 5.92 Å². The van der Waals surface area contributed by atoms with Crippen molar-refractivity contribution in [3.8, 4) is 0 Å². The second-order valence-corrected chi connectivity index (χ2v) is 7.05. The van der Waals surface area contributed by atoms with Gasteiger partial charge in [0.1, 0.15) is 0 Å². The quantitative estimate of drug-likeness (QED) is 0.813. The first kappa shape index (κ1) is 16.3. The fourth-order valence-corrected chi connectivity index (χ4v) is 4.15. The van der Waals surface area contributed by atoms with Crippen LogP contribution in [0.2, 0.25) is 0 Å². The second kappa shape index (κ2) is 7.77. The molecule has 0 bridgehead atoms. The van der Waals surface area contributed by atoms with Crippen molar-refractivity contribution in [3.05, 3.63) is 0 Å². The number of ether oxygens (including phenoxy) is 1. The summed E-state index contributed by atoms with van der Waals surface area (Å²) < 4.78 is 5.93. The average Bonchev–Trinajstić information content (AvgIpc) is 2.48. The Balaban J connectivity index is 1.93. The fraction of sp³-hybridized carbons (Fsp3) is 1.00. The normalized spacial score (nSPS) is 32.7. The Morgan fingerprint density at radius 2 is 2.00 bits per heavy atom. The van der Waals surface area contributed by atoms with E-state index < -0.39 is 0 Å². The third kappa shape index (κ3) is 3.96. The Morgan fingerprint density at radius 1 is 1.25 bits per heavy atom. The molecule has 2 atom stereocenters. The molecule has 0 aromatic rings. The van der Waals surface area contributed by atoms with Gasteiger partial charge in [-0.05, 0) is 45.1 Å². The van der Waals surface area contributed by atoms with E-state index in [2.05, 4.69) is 18.9 Å². The van der Waals surface area contributed by atoms with Crippen molar-refractivity contribution in [1.29, 1.82) is 0 Å². The summed E-state index contributed by atoms with van der Waals surface area (Å²) in [5, 5.41) is 0. The lowest BCUT2D eigenvalue weighted by Gasteiger charge is -2.48. The highest BCUT2D eigenvalue weighted by Crippen LogP contribution is 2.33. The summed E-state index contributed by atoms with van der Waals surface area (Å²) in [4.78, 5) is 2.59. The van der Waals surface area contributed by atoms with Crippen LogP contribution in [-0.2, 0) is 4.74 Å². The van der Waals surface area contributed by atoms with Gasteiger partial charge in [-0.1, -0.05) is 32.6 Å². The lowest BCUT2D eigenvalue weighted by atomic mass is 9.82. The molecule has 2 rings (SSSR count). The predicted molar refractivity (Wildman–Crippen MR) is 84.9 cm³/mol. The van der Waals surface area contributed by atoms with Gasteiger partial charge in [0, 0.05) is 25.2 Å². The van der Waals surface area contributed by atoms with Crippen molar-refractivity contribution in [2.45, 2.75) is 76.4 Å². The van der Waals surface area contributed by atoms with Crippen LogP contribution >= 0.6 is 0 Å². The van der Waals surface area contributed by atoms with Crippen LogP contribution in [0.15, 0.2) is 0 Å². The van der Waals surface area contributed by atoms with Crippen LogP contribution in [0.5, 0.6) is 0 Å². The smallest absolute Gasteiger partial charge is 0.0593 e. The number of hydrogen-bond acceptors (Lipinski definition) is 3. The molecular weight excluding hydrogens is 248 g/mol. The summed E-state index contributed by atoms with van der Waals surface area (Å²) in [6.45, 7) is 5.14. The van der Waals surface area contributed by atoms with E-state index >= 15 is 0 Å². The van der Waals surface area contributed by atoms with Crippen LogP contribution in [0.25, 0.3) is 0 Å². The molecule has 3 heteroatoms. The summed E-state index contributed by atoms with van der Waals surface area (Å²) in [7, 11) is 2.30. The van der Waals surface area contributed by atoms with Gasteiger partial charge in [-0.15, -0.1) is 0 Å². The van der Waals surface area contributed by atoms with Crippen molar-refractivity contribution < 1.29 is 4.74 Å². The standard InChI is InChI=1S/C17H34N2O/c1-3-7-16-12-17(14-18,10-11-20-16)19(2)13-15-8-5-4-6-9-15/h15-16H,3-14,18H2,1-2H3. The van der Waals surface area contributed by atoms with Gasteiger partial charge in [0.25, 0.3) is 0 Å². The number of rotatable bonds is 6. The molecule has 1 aliphatic heterocycles. The molecule has 0 spiro atoms. The maximum absolute atomic E-state index is 6.21. The van der Waals surface area contributed by atoms with Gasteiger partial charge in [0.15, 0.2) is 0 Å². The van der Waals surface area contributed by atoms with Crippen LogP contribution < -0.4 is 5.73 Å². The molecule has 1 aliphatic carbocycles. The number of nitrogens with zero attached hydrogens (tertiary/aromatic N) is 1. The summed E-state index contributed by atoms with van der Waals surface area (Å²) >= 11 is 0. The Labute approximate surface area is 125 Å². The summed E-state index contributed by atoms with van der Waals surface area (Å²) in [5.74, 6) is 0.893. The van der Waals surface area contributed by atoms with Gasteiger partial charge < -0.3 is 10.5 Å². The predicted octanol–water partition coefficient (Wildman–Crippen LogP) is 3.18. The van der Waals surface area contributed by atoms with E-state index in [1.807, 2.05) is 0 Å². The fourth-order valence-electron chi connectivity index (χ4n) is 4.15. The van der Waals surface area contributed by atoms with Crippen molar-refractivity contribution >= 4 is 0 Å². The minimum Gasteiger partial charge on any atom is -0.378 e. The zero-order valence-electron chi connectivity index (χ0n) is 13.6. The maximum atomic E-state index is 6.21. The van der Waals surface area contributed by atoms with Crippen LogP contribution in [0.3, 0.4) is 0 Å². The molecule has 0 amide bonds. The van der Waals surface area contributed by atoms with E-state index in [1.54, 1.807) is 0 Å². The molecule has 1 saturated heterocycles. The molecule has 1 heterocycles. The topological polar surface area (TPSA) is 38.5 Å². The van der Waals surface area contributed by atoms with Crippen LogP contribution in [-0.4, -0.2) is 43.3 Å². The number of hydrogen-bond donors (Lipinski definition) is 1. The minimum atomic E-state index is 0.190. The molecule has 2 fully saturated rings. The maximum Gasteiger partial charge on any atom is 0.0593 e. The largest absolute Gasteiger partial charge is 0.378 e. The lowest BCUT2D eigenvalue weighted by Crippen LogP contribution is -2.58. The molecule has 20 heavy (non-hydrogen) atoms. The summed E-state index contributed by atoms with van der Waals surface area (Å²) in [5.41, 5.74) is 6.40. The van der Waals surface area contributed by atoms with Crippen molar-refractivity contribution in [1.82, 2.24) is 4.90 Å². The number of nitrogens with two attached hydrogens (primary N) is 1. The molecule has 1 saturated carbocycles. The Bertz CT molecular complexity index is 276. The molecule has 2 unspecified atom stereocenters. The Morgan fingerprint density at radius 3 is 2.65 bits per heavy atom. The molecule has 2 N–H and O–H groups in total. The van der Waals surface area contributed by atoms with Gasteiger partial charge in [-0.2, -0.15) is 0 Å². The molecule has 0 aromatic heterocycles. The molecular formula is C17H34N2O. The molecule has 0 radical (unpaired) electrons.